The molecule has 0 aliphatic carbocycles. The third kappa shape index (κ3) is 4.82. The SMILES string of the molecule is Cc1c(Cl)cccc1S(=O)(=O)Nc1cc(Cl)c(Cl)cc1NS(=O)(=O)c1cccs1. The second kappa shape index (κ2) is 8.33. The van der Waals surface area contributed by atoms with Crippen LogP contribution in [0.4, 0.5) is 11.4 Å². The highest BCUT2D eigenvalue weighted by Crippen LogP contribution is 2.36. The van der Waals surface area contributed by atoms with Gasteiger partial charge in [-0.15, -0.1) is 11.3 Å². The van der Waals surface area contributed by atoms with Crippen LogP contribution in [0.2, 0.25) is 15.1 Å². The maximum Gasteiger partial charge on any atom is 0.271 e. The first-order chi connectivity index (χ1) is 13.5. The second-order valence-corrected chi connectivity index (χ2v) is 11.5. The predicted octanol–water partition coefficient (Wildman–Crippen LogP) is 5.62. The average Bonchev–Trinajstić information content (AvgIpc) is 3.17. The third-order valence-corrected chi connectivity index (χ3v) is 9.22. The molecule has 0 bridgehead atoms. The van der Waals surface area contributed by atoms with Crippen molar-refractivity contribution in [3.05, 3.63) is 68.5 Å². The molecule has 0 amide bonds. The summed E-state index contributed by atoms with van der Waals surface area (Å²) >= 11 is 19.1. The molecule has 2 N–H and O–H groups in total. The summed E-state index contributed by atoms with van der Waals surface area (Å²) in [5.74, 6) is 0. The van der Waals surface area contributed by atoms with Crippen LogP contribution in [-0.4, -0.2) is 16.8 Å². The maximum atomic E-state index is 12.9. The molecule has 2 aromatic carbocycles. The van der Waals surface area contributed by atoms with E-state index in [-0.39, 0.29) is 35.5 Å². The van der Waals surface area contributed by atoms with E-state index in [1.807, 2.05) is 0 Å². The van der Waals surface area contributed by atoms with Crippen LogP contribution in [0.5, 0.6) is 0 Å². The van der Waals surface area contributed by atoms with Crippen molar-refractivity contribution < 1.29 is 16.8 Å². The van der Waals surface area contributed by atoms with Crippen LogP contribution in [0.1, 0.15) is 5.56 Å². The third-order valence-electron chi connectivity index (χ3n) is 3.82. The van der Waals surface area contributed by atoms with Crippen molar-refractivity contribution in [3.8, 4) is 0 Å². The minimum absolute atomic E-state index is 0.0475. The zero-order valence-corrected chi connectivity index (χ0v) is 19.3. The first kappa shape index (κ1) is 22.2. The Morgan fingerprint density at radius 2 is 1.38 bits per heavy atom. The number of nitrogens with one attached hydrogen (secondary N) is 2. The van der Waals surface area contributed by atoms with Crippen molar-refractivity contribution >= 4 is 77.6 Å². The van der Waals surface area contributed by atoms with Crippen LogP contribution in [-0.2, 0) is 20.0 Å². The summed E-state index contributed by atoms with van der Waals surface area (Å²) in [7, 11) is -8.04. The van der Waals surface area contributed by atoms with Crippen molar-refractivity contribution in [2.45, 2.75) is 16.0 Å². The van der Waals surface area contributed by atoms with Gasteiger partial charge in [0.1, 0.15) is 4.21 Å². The van der Waals surface area contributed by atoms with E-state index in [2.05, 4.69) is 9.44 Å². The summed E-state index contributed by atoms with van der Waals surface area (Å²) in [6, 6.07) is 9.92. The van der Waals surface area contributed by atoms with Crippen LogP contribution in [0, 0.1) is 6.92 Å². The van der Waals surface area contributed by atoms with E-state index in [1.54, 1.807) is 24.4 Å². The van der Waals surface area contributed by atoms with Crippen molar-refractivity contribution in [2.75, 3.05) is 9.44 Å². The van der Waals surface area contributed by atoms with Crippen LogP contribution in [0.25, 0.3) is 0 Å². The molecule has 1 heterocycles. The molecule has 0 spiro atoms. The van der Waals surface area contributed by atoms with E-state index < -0.39 is 20.0 Å². The Morgan fingerprint density at radius 3 is 1.93 bits per heavy atom. The number of halogens is 3. The smallest absolute Gasteiger partial charge is 0.271 e. The Hall–Kier alpha value is -1.49. The summed E-state index contributed by atoms with van der Waals surface area (Å²) < 4.78 is 55.7. The first-order valence-corrected chi connectivity index (χ1v) is 12.8. The van der Waals surface area contributed by atoms with Gasteiger partial charge in [0.05, 0.1) is 26.3 Å². The molecule has 0 saturated heterocycles. The lowest BCUT2D eigenvalue weighted by atomic mass is 10.2. The summed E-state index contributed by atoms with van der Waals surface area (Å²) in [5.41, 5.74) is 0.192. The zero-order valence-electron chi connectivity index (χ0n) is 14.6. The summed E-state index contributed by atoms with van der Waals surface area (Å²) in [4.78, 5) is -0.0527. The zero-order chi connectivity index (χ0) is 21.4. The maximum absolute atomic E-state index is 12.9. The first-order valence-electron chi connectivity index (χ1n) is 7.84. The Morgan fingerprint density at radius 1 is 0.793 bits per heavy atom. The molecule has 3 rings (SSSR count). The van der Waals surface area contributed by atoms with Gasteiger partial charge >= 0.3 is 0 Å². The van der Waals surface area contributed by atoms with Crippen molar-refractivity contribution in [1.29, 1.82) is 0 Å². The lowest BCUT2D eigenvalue weighted by Crippen LogP contribution is -2.18. The van der Waals surface area contributed by atoms with Gasteiger partial charge in [-0.1, -0.05) is 46.9 Å². The summed E-state index contributed by atoms with van der Waals surface area (Å²) in [6.07, 6.45) is 0. The molecule has 0 unspecified atom stereocenters. The molecular formula is C17H13Cl3N2O4S3. The molecule has 6 nitrogen and oxygen atoms in total. The summed E-state index contributed by atoms with van der Waals surface area (Å²) in [5, 5.41) is 1.99. The Bertz CT molecular complexity index is 1280. The average molecular weight is 512 g/mol. The molecule has 1 aromatic heterocycles. The minimum Gasteiger partial charge on any atom is -0.277 e. The predicted molar refractivity (Wildman–Crippen MR) is 119 cm³/mol. The number of hydrogen-bond donors (Lipinski definition) is 2. The molecule has 154 valence electrons. The number of hydrogen-bond acceptors (Lipinski definition) is 5. The van der Waals surface area contributed by atoms with Gasteiger partial charge in [-0.3, -0.25) is 9.44 Å². The molecule has 12 heteroatoms. The van der Waals surface area contributed by atoms with Crippen molar-refractivity contribution in [2.24, 2.45) is 0 Å². The van der Waals surface area contributed by atoms with E-state index in [9.17, 15) is 16.8 Å². The van der Waals surface area contributed by atoms with Gasteiger partial charge in [0.2, 0.25) is 0 Å². The highest BCUT2D eigenvalue weighted by molar-refractivity contribution is 7.94. The molecule has 0 atom stereocenters. The van der Waals surface area contributed by atoms with Gasteiger partial charge in [-0.25, -0.2) is 16.8 Å². The van der Waals surface area contributed by atoms with E-state index in [1.165, 1.54) is 30.3 Å². The molecule has 0 aliphatic heterocycles. The van der Waals surface area contributed by atoms with Gasteiger partial charge in [0.15, 0.2) is 0 Å². The van der Waals surface area contributed by atoms with Crippen molar-refractivity contribution in [1.82, 2.24) is 0 Å². The van der Waals surface area contributed by atoms with Crippen molar-refractivity contribution in [3.63, 3.8) is 0 Å². The van der Waals surface area contributed by atoms with Crippen LogP contribution in [0.15, 0.2) is 56.9 Å². The molecular weight excluding hydrogens is 499 g/mol. The normalized spacial score (nSPS) is 12.0. The van der Waals surface area contributed by atoms with Crippen LogP contribution >= 0.6 is 46.1 Å². The fourth-order valence-corrected chi connectivity index (χ4v) is 6.37. The Kier molecular flexibility index (Phi) is 6.38. The number of anilines is 2. The quantitative estimate of drug-likeness (QED) is 0.449. The monoisotopic (exact) mass is 510 g/mol. The molecule has 0 saturated carbocycles. The van der Waals surface area contributed by atoms with E-state index >= 15 is 0 Å². The number of benzene rings is 2. The Balaban J connectivity index is 2.06. The molecule has 0 aliphatic rings. The number of rotatable bonds is 6. The summed E-state index contributed by atoms with van der Waals surface area (Å²) in [6.45, 7) is 1.56. The largest absolute Gasteiger partial charge is 0.277 e. The Labute approximate surface area is 187 Å². The highest BCUT2D eigenvalue weighted by atomic mass is 35.5. The van der Waals surface area contributed by atoms with Gasteiger partial charge in [0, 0.05) is 5.02 Å². The fraction of sp³-hybridized carbons (Fsp3) is 0.0588. The minimum atomic E-state index is -4.10. The van der Waals surface area contributed by atoms with Gasteiger partial charge < -0.3 is 0 Å². The molecule has 0 radical (unpaired) electrons. The van der Waals surface area contributed by atoms with Gasteiger partial charge in [-0.2, -0.15) is 0 Å². The van der Waals surface area contributed by atoms with Gasteiger partial charge in [0.25, 0.3) is 20.0 Å². The highest BCUT2D eigenvalue weighted by Gasteiger charge is 2.23. The van der Waals surface area contributed by atoms with E-state index in [0.29, 0.717) is 5.56 Å². The molecule has 0 fully saturated rings. The lowest BCUT2D eigenvalue weighted by Gasteiger charge is -2.16. The molecule has 3 aromatic rings. The second-order valence-electron chi connectivity index (χ2n) is 5.82. The molecule has 29 heavy (non-hydrogen) atoms. The topological polar surface area (TPSA) is 92.3 Å². The lowest BCUT2D eigenvalue weighted by molar-refractivity contribution is 0.599. The fourth-order valence-electron chi connectivity index (χ4n) is 2.41. The van der Waals surface area contributed by atoms with Crippen LogP contribution < -0.4 is 9.44 Å². The van der Waals surface area contributed by atoms with E-state index in [0.717, 1.165) is 11.3 Å². The van der Waals surface area contributed by atoms with Crippen LogP contribution in [0.3, 0.4) is 0 Å². The number of sulfonamides is 2. The number of thiophene rings is 1. The van der Waals surface area contributed by atoms with Gasteiger partial charge in [-0.05, 0) is 48.2 Å². The van der Waals surface area contributed by atoms with E-state index in [4.69, 9.17) is 34.8 Å². The standard InChI is InChI=1S/C17H13Cl3N2O4S3/c1-10-11(18)4-2-5-16(10)28(23,24)21-14-8-12(19)13(20)9-15(14)22-29(25,26)17-6-3-7-27-17/h2-9,21-22H,1H3.